The number of para-hydroxylation sites is 1. The van der Waals surface area contributed by atoms with Gasteiger partial charge in [-0.3, -0.25) is 4.79 Å². The van der Waals surface area contributed by atoms with Crippen molar-refractivity contribution in [2.45, 2.75) is 13.0 Å². The maximum absolute atomic E-state index is 12.5. The standard InChI is InChI=1S/C24H22N4O2/c29-24(20-11-14-25-23(17-20)30-18-19-7-3-1-4-8-19)26-15-12-21-13-16-28(27-21)22-9-5-2-6-10-22/h1-11,13-14,16-17H,12,15,18H2,(H,26,29). The number of ether oxygens (including phenoxy) is 1. The molecule has 2 aromatic carbocycles. The van der Waals surface area contributed by atoms with E-state index in [2.05, 4.69) is 15.4 Å². The van der Waals surface area contributed by atoms with Crippen molar-refractivity contribution in [3.05, 3.63) is 108 Å². The average molecular weight is 398 g/mol. The third kappa shape index (κ3) is 5.11. The molecule has 0 aliphatic rings. The molecule has 150 valence electrons. The van der Waals surface area contributed by atoms with Gasteiger partial charge in [-0.1, -0.05) is 48.5 Å². The van der Waals surface area contributed by atoms with Gasteiger partial charge in [0.25, 0.3) is 5.91 Å². The molecule has 1 N–H and O–H groups in total. The molecule has 0 unspecified atom stereocenters. The molecule has 1 amide bonds. The van der Waals surface area contributed by atoms with Crippen molar-refractivity contribution in [3.63, 3.8) is 0 Å². The molecule has 0 bridgehead atoms. The second-order valence-electron chi connectivity index (χ2n) is 6.75. The van der Waals surface area contributed by atoms with E-state index in [1.54, 1.807) is 18.3 Å². The molecule has 0 saturated heterocycles. The summed E-state index contributed by atoms with van der Waals surface area (Å²) in [5.41, 5.74) is 3.49. The van der Waals surface area contributed by atoms with Gasteiger partial charge >= 0.3 is 0 Å². The number of aromatic nitrogens is 3. The summed E-state index contributed by atoms with van der Waals surface area (Å²) in [5.74, 6) is 0.262. The van der Waals surface area contributed by atoms with Crippen LogP contribution in [0, 0.1) is 0 Å². The summed E-state index contributed by atoms with van der Waals surface area (Å²) >= 11 is 0. The Labute approximate surface area is 175 Å². The summed E-state index contributed by atoms with van der Waals surface area (Å²) in [6.45, 7) is 0.899. The first-order valence-electron chi connectivity index (χ1n) is 9.79. The number of rotatable bonds is 8. The maximum Gasteiger partial charge on any atom is 0.251 e. The van der Waals surface area contributed by atoms with Crippen LogP contribution in [0.3, 0.4) is 0 Å². The van der Waals surface area contributed by atoms with Gasteiger partial charge in [-0.15, -0.1) is 0 Å². The first-order valence-corrected chi connectivity index (χ1v) is 9.79. The highest BCUT2D eigenvalue weighted by atomic mass is 16.5. The fourth-order valence-electron chi connectivity index (χ4n) is 2.99. The number of nitrogens with one attached hydrogen (secondary N) is 1. The van der Waals surface area contributed by atoms with Gasteiger partial charge in [-0.05, 0) is 29.8 Å². The molecule has 4 rings (SSSR count). The van der Waals surface area contributed by atoms with Gasteiger partial charge in [0.1, 0.15) is 6.61 Å². The largest absolute Gasteiger partial charge is 0.473 e. The van der Waals surface area contributed by atoms with Gasteiger partial charge in [-0.2, -0.15) is 5.10 Å². The van der Waals surface area contributed by atoms with Crippen LogP contribution < -0.4 is 10.1 Å². The molecule has 4 aromatic rings. The van der Waals surface area contributed by atoms with E-state index in [1.807, 2.05) is 77.6 Å². The normalized spacial score (nSPS) is 10.5. The number of pyridine rings is 1. The quantitative estimate of drug-likeness (QED) is 0.490. The van der Waals surface area contributed by atoms with Crippen LogP contribution in [0.4, 0.5) is 0 Å². The van der Waals surface area contributed by atoms with Crippen molar-refractivity contribution in [3.8, 4) is 11.6 Å². The van der Waals surface area contributed by atoms with Crippen molar-refractivity contribution in [2.75, 3.05) is 6.54 Å². The molecular weight excluding hydrogens is 376 g/mol. The zero-order valence-corrected chi connectivity index (χ0v) is 16.4. The molecule has 0 radical (unpaired) electrons. The second kappa shape index (κ2) is 9.52. The van der Waals surface area contributed by atoms with Crippen LogP contribution in [0.25, 0.3) is 5.69 Å². The van der Waals surface area contributed by atoms with Crippen molar-refractivity contribution in [2.24, 2.45) is 0 Å². The Morgan fingerprint density at radius 3 is 2.53 bits per heavy atom. The van der Waals surface area contributed by atoms with Crippen LogP contribution in [0.5, 0.6) is 5.88 Å². The molecular formula is C24H22N4O2. The number of hydrogen-bond acceptors (Lipinski definition) is 4. The Kier molecular flexibility index (Phi) is 6.15. The highest BCUT2D eigenvalue weighted by molar-refractivity contribution is 5.94. The van der Waals surface area contributed by atoms with Crippen LogP contribution in [-0.4, -0.2) is 27.2 Å². The van der Waals surface area contributed by atoms with Crippen molar-refractivity contribution in [1.82, 2.24) is 20.1 Å². The molecule has 0 atom stereocenters. The van der Waals surface area contributed by atoms with Gasteiger partial charge in [-0.25, -0.2) is 9.67 Å². The van der Waals surface area contributed by atoms with E-state index >= 15 is 0 Å². The number of carbonyl (C=O) groups excluding carboxylic acids is 1. The lowest BCUT2D eigenvalue weighted by molar-refractivity contribution is 0.0953. The number of carbonyl (C=O) groups is 1. The van der Waals surface area contributed by atoms with E-state index in [-0.39, 0.29) is 5.91 Å². The number of amides is 1. The van der Waals surface area contributed by atoms with E-state index in [4.69, 9.17) is 4.74 Å². The number of nitrogens with zero attached hydrogens (tertiary/aromatic N) is 3. The highest BCUT2D eigenvalue weighted by Crippen LogP contribution is 2.12. The van der Waals surface area contributed by atoms with Crippen LogP contribution >= 0.6 is 0 Å². The molecule has 0 spiro atoms. The molecule has 0 aliphatic carbocycles. The first-order chi connectivity index (χ1) is 14.8. The van der Waals surface area contributed by atoms with E-state index in [0.717, 1.165) is 16.9 Å². The van der Waals surface area contributed by atoms with E-state index in [9.17, 15) is 4.79 Å². The van der Waals surface area contributed by atoms with Gasteiger partial charge < -0.3 is 10.1 Å². The zero-order valence-electron chi connectivity index (χ0n) is 16.4. The minimum atomic E-state index is -0.163. The summed E-state index contributed by atoms with van der Waals surface area (Å²) in [6.07, 6.45) is 4.15. The zero-order chi connectivity index (χ0) is 20.6. The third-order valence-electron chi connectivity index (χ3n) is 4.56. The van der Waals surface area contributed by atoms with Crippen LogP contribution in [0.2, 0.25) is 0 Å². The minimum Gasteiger partial charge on any atom is -0.473 e. The Morgan fingerprint density at radius 1 is 0.967 bits per heavy atom. The van der Waals surface area contributed by atoms with Gasteiger partial charge in [0.05, 0.1) is 11.4 Å². The molecule has 0 saturated carbocycles. The fraction of sp³-hybridized carbons (Fsp3) is 0.125. The molecule has 0 fully saturated rings. The molecule has 0 aliphatic heterocycles. The average Bonchev–Trinajstić information content (AvgIpc) is 3.28. The highest BCUT2D eigenvalue weighted by Gasteiger charge is 2.08. The lowest BCUT2D eigenvalue weighted by Crippen LogP contribution is -2.25. The Morgan fingerprint density at radius 2 is 1.73 bits per heavy atom. The van der Waals surface area contributed by atoms with Crippen LogP contribution in [0.15, 0.2) is 91.3 Å². The summed E-state index contributed by atoms with van der Waals surface area (Å²) in [5, 5.41) is 7.48. The molecule has 6 nitrogen and oxygen atoms in total. The Balaban J connectivity index is 1.28. The van der Waals surface area contributed by atoms with E-state index in [1.165, 1.54) is 0 Å². The monoisotopic (exact) mass is 398 g/mol. The summed E-state index contributed by atoms with van der Waals surface area (Å²) in [6, 6.07) is 25.0. The first kappa shape index (κ1) is 19.4. The Hall–Kier alpha value is -3.93. The molecule has 2 heterocycles. The summed E-state index contributed by atoms with van der Waals surface area (Å²) in [4.78, 5) is 16.6. The second-order valence-corrected chi connectivity index (χ2v) is 6.75. The lowest BCUT2D eigenvalue weighted by Gasteiger charge is -2.08. The van der Waals surface area contributed by atoms with Crippen molar-refractivity contribution < 1.29 is 9.53 Å². The number of hydrogen-bond donors (Lipinski definition) is 1. The SMILES string of the molecule is O=C(NCCc1ccn(-c2ccccc2)n1)c1ccnc(OCc2ccccc2)c1. The minimum absolute atomic E-state index is 0.163. The lowest BCUT2D eigenvalue weighted by atomic mass is 10.2. The predicted octanol–water partition coefficient (Wildman–Crippen LogP) is 3.82. The maximum atomic E-state index is 12.5. The van der Waals surface area contributed by atoms with Crippen LogP contribution in [0.1, 0.15) is 21.6 Å². The molecule has 6 heteroatoms. The van der Waals surface area contributed by atoms with Crippen molar-refractivity contribution in [1.29, 1.82) is 0 Å². The molecule has 30 heavy (non-hydrogen) atoms. The third-order valence-corrected chi connectivity index (χ3v) is 4.56. The smallest absolute Gasteiger partial charge is 0.251 e. The van der Waals surface area contributed by atoms with Crippen LogP contribution in [-0.2, 0) is 13.0 Å². The molecule has 2 aromatic heterocycles. The summed E-state index contributed by atoms with van der Waals surface area (Å²) < 4.78 is 7.53. The predicted molar refractivity (Wildman–Crippen MR) is 115 cm³/mol. The summed E-state index contributed by atoms with van der Waals surface area (Å²) in [7, 11) is 0. The van der Waals surface area contributed by atoms with Gasteiger partial charge in [0.15, 0.2) is 0 Å². The Bertz CT molecular complexity index is 1090. The fourth-order valence-corrected chi connectivity index (χ4v) is 2.99. The van der Waals surface area contributed by atoms with Gasteiger partial charge in [0.2, 0.25) is 5.88 Å². The van der Waals surface area contributed by atoms with Crippen molar-refractivity contribution >= 4 is 5.91 Å². The number of benzene rings is 2. The van der Waals surface area contributed by atoms with E-state index in [0.29, 0.717) is 31.0 Å². The van der Waals surface area contributed by atoms with Gasteiger partial charge in [0, 0.05) is 37.0 Å². The topological polar surface area (TPSA) is 69.0 Å². The van der Waals surface area contributed by atoms with E-state index < -0.39 is 0 Å².